The SMILES string of the molecule is CNC(c1ccoc1)C1(OC)CCC1. The Labute approximate surface area is 84.4 Å². The number of likely N-dealkylation sites (N-methyl/N-ethyl adjacent to an activating group) is 1. The Balaban J connectivity index is 2.20. The molecule has 14 heavy (non-hydrogen) atoms. The Morgan fingerprint density at radius 2 is 2.36 bits per heavy atom. The van der Waals surface area contributed by atoms with E-state index in [4.69, 9.17) is 9.15 Å². The number of ether oxygens (including phenoxy) is 1. The highest BCUT2D eigenvalue weighted by molar-refractivity contribution is 5.18. The molecule has 0 radical (unpaired) electrons. The smallest absolute Gasteiger partial charge is 0.0951 e. The molecule has 1 N–H and O–H groups in total. The highest BCUT2D eigenvalue weighted by Gasteiger charge is 2.44. The molecule has 1 atom stereocenters. The van der Waals surface area contributed by atoms with Gasteiger partial charge in [0, 0.05) is 12.7 Å². The lowest BCUT2D eigenvalue weighted by Crippen LogP contribution is -2.49. The van der Waals surface area contributed by atoms with Crippen molar-refractivity contribution in [1.82, 2.24) is 5.32 Å². The van der Waals surface area contributed by atoms with E-state index in [0.29, 0.717) is 0 Å². The molecule has 0 bridgehead atoms. The Hall–Kier alpha value is -0.800. The van der Waals surface area contributed by atoms with Crippen molar-refractivity contribution in [2.75, 3.05) is 14.2 Å². The summed E-state index contributed by atoms with van der Waals surface area (Å²) in [5.74, 6) is 0. The zero-order chi connectivity index (χ0) is 10.0. The summed E-state index contributed by atoms with van der Waals surface area (Å²) in [5, 5.41) is 3.31. The lowest BCUT2D eigenvalue weighted by Gasteiger charge is -2.46. The molecule has 0 saturated heterocycles. The van der Waals surface area contributed by atoms with Crippen LogP contribution in [0.2, 0.25) is 0 Å². The molecule has 1 aliphatic rings. The van der Waals surface area contributed by atoms with Gasteiger partial charge in [-0.1, -0.05) is 0 Å². The van der Waals surface area contributed by atoms with E-state index >= 15 is 0 Å². The average molecular weight is 195 g/mol. The fourth-order valence-corrected chi connectivity index (χ4v) is 2.31. The van der Waals surface area contributed by atoms with Crippen molar-refractivity contribution in [2.24, 2.45) is 0 Å². The van der Waals surface area contributed by atoms with Crippen molar-refractivity contribution in [1.29, 1.82) is 0 Å². The van der Waals surface area contributed by atoms with Gasteiger partial charge in [-0.2, -0.15) is 0 Å². The summed E-state index contributed by atoms with van der Waals surface area (Å²) >= 11 is 0. The zero-order valence-corrected chi connectivity index (χ0v) is 8.75. The van der Waals surface area contributed by atoms with E-state index in [1.54, 1.807) is 19.6 Å². The van der Waals surface area contributed by atoms with Gasteiger partial charge in [0.2, 0.25) is 0 Å². The van der Waals surface area contributed by atoms with Crippen molar-refractivity contribution < 1.29 is 9.15 Å². The van der Waals surface area contributed by atoms with Crippen molar-refractivity contribution >= 4 is 0 Å². The third kappa shape index (κ3) is 1.37. The second-order valence-corrected chi connectivity index (χ2v) is 3.90. The van der Waals surface area contributed by atoms with Crippen LogP contribution in [0.25, 0.3) is 0 Å². The summed E-state index contributed by atoms with van der Waals surface area (Å²) in [6, 6.07) is 2.25. The van der Waals surface area contributed by atoms with Crippen LogP contribution in [0.3, 0.4) is 0 Å². The third-order valence-electron chi connectivity index (χ3n) is 3.30. The predicted molar refractivity (Wildman–Crippen MR) is 54.1 cm³/mol. The predicted octanol–water partition coefficient (Wildman–Crippen LogP) is 2.11. The topological polar surface area (TPSA) is 34.4 Å². The summed E-state index contributed by atoms with van der Waals surface area (Å²) < 4.78 is 10.8. The molecule has 1 heterocycles. The van der Waals surface area contributed by atoms with Gasteiger partial charge in [0.05, 0.1) is 24.2 Å². The van der Waals surface area contributed by atoms with Gasteiger partial charge in [-0.15, -0.1) is 0 Å². The summed E-state index contributed by atoms with van der Waals surface area (Å²) in [4.78, 5) is 0. The monoisotopic (exact) mass is 195 g/mol. The van der Waals surface area contributed by atoms with Crippen LogP contribution in [-0.4, -0.2) is 19.8 Å². The van der Waals surface area contributed by atoms with Crippen LogP contribution in [0.15, 0.2) is 23.0 Å². The highest BCUT2D eigenvalue weighted by Crippen LogP contribution is 2.44. The summed E-state index contributed by atoms with van der Waals surface area (Å²) in [7, 11) is 3.76. The first-order chi connectivity index (χ1) is 6.82. The first kappa shape index (κ1) is 9.74. The van der Waals surface area contributed by atoms with Gasteiger partial charge in [0.25, 0.3) is 0 Å². The van der Waals surface area contributed by atoms with Gasteiger partial charge in [0.1, 0.15) is 0 Å². The molecule has 0 amide bonds. The van der Waals surface area contributed by atoms with E-state index in [1.165, 1.54) is 12.0 Å². The van der Waals surface area contributed by atoms with Crippen LogP contribution in [0.4, 0.5) is 0 Å². The van der Waals surface area contributed by atoms with Crippen LogP contribution < -0.4 is 5.32 Å². The molecule has 1 saturated carbocycles. The summed E-state index contributed by atoms with van der Waals surface area (Å²) in [5.41, 5.74) is 1.16. The normalized spacial score (nSPS) is 21.6. The highest BCUT2D eigenvalue weighted by atomic mass is 16.5. The molecule has 0 aromatic carbocycles. The zero-order valence-electron chi connectivity index (χ0n) is 8.75. The average Bonchev–Trinajstić information content (AvgIpc) is 2.63. The van der Waals surface area contributed by atoms with Crippen molar-refractivity contribution in [2.45, 2.75) is 30.9 Å². The third-order valence-corrected chi connectivity index (χ3v) is 3.30. The van der Waals surface area contributed by atoms with Crippen LogP contribution in [-0.2, 0) is 4.74 Å². The van der Waals surface area contributed by atoms with Gasteiger partial charge >= 0.3 is 0 Å². The van der Waals surface area contributed by atoms with Crippen molar-refractivity contribution in [3.8, 4) is 0 Å². The molecule has 0 aliphatic heterocycles. The van der Waals surface area contributed by atoms with Crippen molar-refractivity contribution in [3.63, 3.8) is 0 Å². The maximum atomic E-state index is 5.65. The molecule has 1 aromatic rings. The standard InChI is InChI=1S/C11H17NO2/c1-12-10(9-4-7-14-8-9)11(13-2)5-3-6-11/h4,7-8,10,12H,3,5-6H2,1-2H3. The number of hydrogen-bond acceptors (Lipinski definition) is 3. The largest absolute Gasteiger partial charge is 0.472 e. The first-order valence-corrected chi connectivity index (χ1v) is 5.07. The van der Waals surface area contributed by atoms with E-state index < -0.39 is 0 Å². The van der Waals surface area contributed by atoms with Crippen LogP contribution in [0, 0.1) is 0 Å². The Bertz CT molecular complexity index is 272. The molecular weight excluding hydrogens is 178 g/mol. The number of methoxy groups -OCH3 is 1. The summed E-state index contributed by atoms with van der Waals surface area (Å²) in [6.07, 6.45) is 7.01. The number of furan rings is 1. The Morgan fingerprint density at radius 3 is 2.71 bits per heavy atom. The number of nitrogens with one attached hydrogen (secondary N) is 1. The van der Waals surface area contributed by atoms with Gasteiger partial charge in [0.15, 0.2) is 0 Å². The van der Waals surface area contributed by atoms with Gasteiger partial charge in [-0.05, 0) is 32.4 Å². The minimum Gasteiger partial charge on any atom is -0.472 e. The molecule has 1 fully saturated rings. The lowest BCUT2D eigenvalue weighted by molar-refractivity contribution is -0.0984. The maximum Gasteiger partial charge on any atom is 0.0951 e. The molecule has 0 spiro atoms. The molecule has 1 unspecified atom stereocenters. The van der Waals surface area contributed by atoms with Crippen LogP contribution in [0.5, 0.6) is 0 Å². The van der Waals surface area contributed by atoms with Crippen LogP contribution >= 0.6 is 0 Å². The van der Waals surface area contributed by atoms with Gasteiger partial charge in [-0.3, -0.25) is 0 Å². The second-order valence-electron chi connectivity index (χ2n) is 3.90. The molecule has 1 aromatic heterocycles. The Morgan fingerprint density at radius 1 is 1.57 bits per heavy atom. The molecule has 1 aliphatic carbocycles. The fourth-order valence-electron chi connectivity index (χ4n) is 2.31. The molecule has 78 valence electrons. The minimum absolute atomic E-state index is 0.0153. The van der Waals surface area contributed by atoms with E-state index in [0.717, 1.165) is 12.8 Å². The molecular formula is C11H17NO2. The molecule has 3 nitrogen and oxygen atoms in total. The minimum atomic E-state index is -0.0153. The molecule has 2 rings (SSSR count). The summed E-state index contributed by atoms with van der Waals surface area (Å²) in [6.45, 7) is 0. The van der Waals surface area contributed by atoms with E-state index in [2.05, 4.69) is 5.32 Å². The lowest BCUT2D eigenvalue weighted by atomic mass is 9.72. The second kappa shape index (κ2) is 3.75. The van der Waals surface area contributed by atoms with Crippen molar-refractivity contribution in [3.05, 3.63) is 24.2 Å². The van der Waals surface area contributed by atoms with E-state index in [-0.39, 0.29) is 11.6 Å². The first-order valence-electron chi connectivity index (χ1n) is 5.07. The quantitative estimate of drug-likeness (QED) is 0.799. The van der Waals surface area contributed by atoms with Gasteiger partial charge < -0.3 is 14.5 Å². The maximum absolute atomic E-state index is 5.65. The van der Waals surface area contributed by atoms with E-state index in [1.807, 2.05) is 13.1 Å². The van der Waals surface area contributed by atoms with E-state index in [9.17, 15) is 0 Å². The van der Waals surface area contributed by atoms with Crippen LogP contribution in [0.1, 0.15) is 30.9 Å². The molecule has 3 heteroatoms. The number of rotatable bonds is 4. The number of hydrogen-bond donors (Lipinski definition) is 1. The fraction of sp³-hybridized carbons (Fsp3) is 0.636. The Kier molecular flexibility index (Phi) is 2.61. The van der Waals surface area contributed by atoms with Gasteiger partial charge in [-0.25, -0.2) is 0 Å².